The van der Waals surface area contributed by atoms with Crippen molar-refractivity contribution >= 4 is 5.96 Å². The number of guanidine groups is 1. The van der Waals surface area contributed by atoms with Crippen molar-refractivity contribution < 1.29 is 0 Å². The molecule has 5 heteroatoms. The third-order valence-electron chi connectivity index (χ3n) is 6.11. The van der Waals surface area contributed by atoms with E-state index in [0.717, 1.165) is 12.5 Å². The number of hydrogen-bond acceptors (Lipinski definition) is 3. The van der Waals surface area contributed by atoms with Gasteiger partial charge < -0.3 is 20.0 Å². The predicted octanol–water partition coefficient (Wildman–Crippen LogP) is 1.47. The van der Waals surface area contributed by atoms with E-state index in [1.165, 1.54) is 84.3 Å². The van der Waals surface area contributed by atoms with Gasteiger partial charge in [-0.3, -0.25) is 4.99 Å². The first-order valence-corrected chi connectivity index (χ1v) is 9.57. The Morgan fingerprint density at radius 3 is 2.61 bits per heavy atom. The molecule has 2 aliphatic heterocycles. The van der Waals surface area contributed by atoms with Crippen molar-refractivity contribution in [3.05, 3.63) is 0 Å². The average molecular weight is 322 g/mol. The molecule has 3 rings (SSSR count). The molecule has 0 aromatic carbocycles. The predicted molar refractivity (Wildman–Crippen MR) is 97.0 cm³/mol. The highest BCUT2D eigenvalue weighted by Crippen LogP contribution is 2.47. The third-order valence-corrected chi connectivity index (χ3v) is 6.11. The number of nitrogens with one attached hydrogen (secondary N) is 1. The van der Waals surface area contributed by atoms with Crippen LogP contribution in [0.4, 0.5) is 0 Å². The SMILES string of the molecule is CN=C(NCCCN1CCCN(C)CC1)N1CCC2(CCC2)C1. The van der Waals surface area contributed by atoms with Crippen molar-refractivity contribution in [1.29, 1.82) is 0 Å². The monoisotopic (exact) mass is 321 g/mol. The molecule has 132 valence electrons. The number of hydrogen-bond donors (Lipinski definition) is 1. The van der Waals surface area contributed by atoms with Gasteiger partial charge in [-0.05, 0) is 64.2 Å². The molecule has 0 aromatic rings. The molecule has 1 aliphatic carbocycles. The molecule has 1 spiro atoms. The Morgan fingerprint density at radius 1 is 1.04 bits per heavy atom. The van der Waals surface area contributed by atoms with E-state index in [1.54, 1.807) is 0 Å². The molecule has 3 aliphatic rings. The standard InChI is InChI=1S/C18H35N5/c1-19-17(23-13-8-18(16-23)6-3-7-18)20-9-4-11-22-12-5-10-21(2)14-15-22/h3-16H2,1-2H3,(H,19,20). The average Bonchev–Trinajstić information content (AvgIpc) is 2.87. The fourth-order valence-corrected chi connectivity index (χ4v) is 4.36. The van der Waals surface area contributed by atoms with E-state index in [-0.39, 0.29) is 0 Å². The Labute approximate surface area is 142 Å². The van der Waals surface area contributed by atoms with Gasteiger partial charge in [0.25, 0.3) is 0 Å². The van der Waals surface area contributed by atoms with Crippen LogP contribution in [0.3, 0.4) is 0 Å². The van der Waals surface area contributed by atoms with E-state index in [9.17, 15) is 0 Å². The van der Waals surface area contributed by atoms with Crippen molar-refractivity contribution in [1.82, 2.24) is 20.0 Å². The molecule has 0 bridgehead atoms. The van der Waals surface area contributed by atoms with E-state index in [4.69, 9.17) is 0 Å². The molecule has 1 N–H and O–H groups in total. The number of aliphatic imine (C=N–C) groups is 1. The third kappa shape index (κ3) is 4.38. The molecule has 0 radical (unpaired) electrons. The molecule has 0 unspecified atom stereocenters. The second-order valence-corrected chi connectivity index (χ2v) is 7.85. The Balaban J connectivity index is 1.34. The first-order chi connectivity index (χ1) is 11.2. The van der Waals surface area contributed by atoms with Gasteiger partial charge in [0.15, 0.2) is 5.96 Å². The summed E-state index contributed by atoms with van der Waals surface area (Å²) in [6.45, 7) is 9.62. The molecule has 5 nitrogen and oxygen atoms in total. The largest absolute Gasteiger partial charge is 0.356 e. The highest BCUT2D eigenvalue weighted by Gasteiger charge is 2.43. The van der Waals surface area contributed by atoms with Crippen molar-refractivity contribution in [2.75, 3.05) is 66.5 Å². The van der Waals surface area contributed by atoms with Gasteiger partial charge in [0.05, 0.1) is 0 Å². The van der Waals surface area contributed by atoms with Crippen molar-refractivity contribution in [2.24, 2.45) is 10.4 Å². The van der Waals surface area contributed by atoms with Gasteiger partial charge >= 0.3 is 0 Å². The van der Waals surface area contributed by atoms with Crippen LogP contribution in [0.5, 0.6) is 0 Å². The fraction of sp³-hybridized carbons (Fsp3) is 0.944. The van der Waals surface area contributed by atoms with Gasteiger partial charge in [-0.25, -0.2) is 0 Å². The fourth-order valence-electron chi connectivity index (χ4n) is 4.36. The molecule has 1 saturated carbocycles. The topological polar surface area (TPSA) is 34.1 Å². The maximum Gasteiger partial charge on any atom is 0.193 e. The number of rotatable bonds is 4. The van der Waals surface area contributed by atoms with Gasteiger partial charge in [-0.1, -0.05) is 6.42 Å². The smallest absolute Gasteiger partial charge is 0.193 e. The lowest BCUT2D eigenvalue weighted by Crippen LogP contribution is -2.43. The Bertz CT molecular complexity index is 404. The molecule has 3 fully saturated rings. The summed E-state index contributed by atoms with van der Waals surface area (Å²) < 4.78 is 0. The highest BCUT2D eigenvalue weighted by atomic mass is 15.3. The zero-order valence-electron chi connectivity index (χ0n) is 15.2. The summed E-state index contributed by atoms with van der Waals surface area (Å²) in [5.41, 5.74) is 0.649. The summed E-state index contributed by atoms with van der Waals surface area (Å²) >= 11 is 0. The van der Waals surface area contributed by atoms with Crippen LogP contribution in [0.25, 0.3) is 0 Å². The Kier molecular flexibility index (Phi) is 5.81. The minimum Gasteiger partial charge on any atom is -0.356 e. The van der Waals surface area contributed by atoms with Crippen LogP contribution < -0.4 is 5.32 Å². The van der Waals surface area contributed by atoms with Crippen LogP contribution in [-0.2, 0) is 0 Å². The number of likely N-dealkylation sites (N-methyl/N-ethyl adjacent to an activating group) is 1. The van der Waals surface area contributed by atoms with E-state index >= 15 is 0 Å². The summed E-state index contributed by atoms with van der Waals surface area (Å²) in [7, 11) is 4.17. The van der Waals surface area contributed by atoms with Crippen molar-refractivity contribution in [3.8, 4) is 0 Å². The van der Waals surface area contributed by atoms with Gasteiger partial charge in [0, 0.05) is 39.8 Å². The molecular formula is C18H35N5. The molecular weight excluding hydrogens is 286 g/mol. The van der Waals surface area contributed by atoms with E-state index in [0.29, 0.717) is 5.41 Å². The second kappa shape index (κ2) is 7.84. The van der Waals surface area contributed by atoms with Crippen LogP contribution in [0.15, 0.2) is 4.99 Å². The zero-order chi connectivity index (χ0) is 16.1. The summed E-state index contributed by atoms with van der Waals surface area (Å²) in [4.78, 5) is 12.1. The van der Waals surface area contributed by atoms with E-state index < -0.39 is 0 Å². The van der Waals surface area contributed by atoms with Crippen LogP contribution >= 0.6 is 0 Å². The van der Waals surface area contributed by atoms with Gasteiger partial charge in [0.1, 0.15) is 0 Å². The lowest BCUT2D eigenvalue weighted by Gasteiger charge is -2.38. The first kappa shape index (κ1) is 17.0. The summed E-state index contributed by atoms with van der Waals surface area (Å²) in [5, 5.41) is 3.60. The second-order valence-electron chi connectivity index (χ2n) is 7.85. The van der Waals surface area contributed by atoms with Crippen LogP contribution in [0.1, 0.15) is 38.5 Å². The lowest BCUT2D eigenvalue weighted by atomic mass is 9.68. The quantitative estimate of drug-likeness (QED) is 0.483. The first-order valence-electron chi connectivity index (χ1n) is 9.57. The minimum atomic E-state index is 0.649. The molecule has 2 saturated heterocycles. The molecule has 0 atom stereocenters. The van der Waals surface area contributed by atoms with Crippen LogP contribution in [0.2, 0.25) is 0 Å². The molecule has 0 aromatic heterocycles. The van der Waals surface area contributed by atoms with Gasteiger partial charge in [-0.2, -0.15) is 0 Å². The maximum absolute atomic E-state index is 4.51. The molecule has 23 heavy (non-hydrogen) atoms. The number of likely N-dealkylation sites (tertiary alicyclic amines) is 1. The summed E-state index contributed by atoms with van der Waals surface area (Å²) in [6.07, 6.45) is 8.19. The lowest BCUT2D eigenvalue weighted by molar-refractivity contribution is 0.151. The van der Waals surface area contributed by atoms with Crippen molar-refractivity contribution in [3.63, 3.8) is 0 Å². The summed E-state index contributed by atoms with van der Waals surface area (Å²) in [6, 6.07) is 0. The number of nitrogens with zero attached hydrogens (tertiary/aromatic N) is 4. The van der Waals surface area contributed by atoms with E-state index in [2.05, 4.69) is 32.1 Å². The summed E-state index contributed by atoms with van der Waals surface area (Å²) in [5.74, 6) is 1.13. The molecule has 2 heterocycles. The zero-order valence-corrected chi connectivity index (χ0v) is 15.2. The molecule has 0 amide bonds. The maximum atomic E-state index is 4.51. The normalized spacial score (nSPS) is 26.3. The van der Waals surface area contributed by atoms with Crippen molar-refractivity contribution in [2.45, 2.75) is 38.5 Å². The highest BCUT2D eigenvalue weighted by molar-refractivity contribution is 5.80. The Hall–Kier alpha value is -0.810. The minimum absolute atomic E-state index is 0.649. The van der Waals surface area contributed by atoms with E-state index in [1.807, 2.05) is 7.05 Å². The van der Waals surface area contributed by atoms with Crippen LogP contribution in [0, 0.1) is 5.41 Å². The van der Waals surface area contributed by atoms with Gasteiger partial charge in [-0.15, -0.1) is 0 Å². The Morgan fingerprint density at radius 2 is 1.91 bits per heavy atom. The van der Waals surface area contributed by atoms with Gasteiger partial charge in [0.2, 0.25) is 0 Å². The van der Waals surface area contributed by atoms with Crippen LogP contribution in [-0.4, -0.2) is 87.1 Å².